The van der Waals surface area contributed by atoms with Crippen LogP contribution in [0.1, 0.15) is 57.1 Å². The van der Waals surface area contributed by atoms with Crippen molar-refractivity contribution in [2.45, 2.75) is 71.9 Å². The highest BCUT2D eigenvalue weighted by Crippen LogP contribution is 2.30. The highest BCUT2D eigenvalue weighted by atomic mass is 32.1. The van der Waals surface area contributed by atoms with E-state index in [1.54, 1.807) is 17.4 Å². The maximum atomic E-state index is 14.1. The number of aliphatic hydroxyl groups excluding tert-OH is 2. The lowest BCUT2D eigenvalue weighted by atomic mass is 9.85. The first-order chi connectivity index (χ1) is 23.2. The molecule has 2 fully saturated rings. The molecule has 4 heterocycles. The number of carbonyl (C=O) groups excluding carboxylic acids is 3. The van der Waals surface area contributed by atoms with Gasteiger partial charge < -0.3 is 36.4 Å². The molecule has 15 heteroatoms. The monoisotopic (exact) mass is 693 g/mol. The van der Waals surface area contributed by atoms with Crippen molar-refractivity contribution in [2.75, 3.05) is 49.9 Å². The lowest BCUT2D eigenvalue weighted by molar-refractivity contribution is -0.144. The number of aliphatic hydroxyl groups is 2. The number of hydrogen-bond donors (Lipinski definition) is 5. The van der Waals surface area contributed by atoms with Crippen LogP contribution in [0.2, 0.25) is 0 Å². The Hall–Kier alpha value is -4.18. The van der Waals surface area contributed by atoms with Crippen LogP contribution < -0.4 is 21.3 Å². The molecule has 0 saturated carbocycles. The molecule has 2 saturated heterocycles. The number of rotatable bonds is 10. The Morgan fingerprint density at radius 1 is 1.08 bits per heavy atom. The molecule has 3 amide bonds. The third kappa shape index (κ3) is 8.52. The first kappa shape index (κ1) is 36.1. The fraction of sp³-hybridized carbons (Fsp3) is 0.529. The van der Waals surface area contributed by atoms with Crippen molar-refractivity contribution in [1.82, 2.24) is 35.6 Å². The molecule has 1 aromatic carbocycles. The highest BCUT2D eigenvalue weighted by molar-refractivity contribution is 7.13. The molecule has 264 valence electrons. The standard InChI is InChI=1S/C34H47N9O5S/c1-20(22-6-8-23(9-7-22)29-21(2)36-19-49-29)37-32(47)27-15-25(45)16-43(27)33(48)30(34(3,4)5)38-28(46)17-41-10-12-42(13-11-41)26-14-24(18-44)39-40-31(26)35/h6-9,14,19-20,25,27,30,44-45H,10-13,15-18H2,1-5H3,(H2,35,40)(H,37,47)(H,38,46)/t20-,25+,27-,30+/m0/s1. The first-order valence-corrected chi connectivity index (χ1v) is 17.4. The molecule has 0 unspecified atom stereocenters. The summed E-state index contributed by atoms with van der Waals surface area (Å²) in [4.78, 5) is 51.8. The third-order valence-electron chi connectivity index (χ3n) is 9.15. The summed E-state index contributed by atoms with van der Waals surface area (Å²) in [5, 5.41) is 33.8. The van der Waals surface area contributed by atoms with Crippen molar-refractivity contribution < 1.29 is 24.6 Å². The van der Waals surface area contributed by atoms with Crippen LogP contribution >= 0.6 is 11.3 Å². The minimum absolute atomic E-state index is 0.00357. The number of benzene rings is 1. The topological polar surface area (TPSA) is 190 Å². The summed E-state index contributed by atoms with van der Waals surface area (Å²) >= 11 is 1.58. The molecule has 0 spiro atoms. The molecule has 5 rings (SSSR count). The van der Waals surface area contributed by atoms with Crippen LogP contribution in [0, 0.1) is 12.3 Å². The number of hydrogen-bond acceptors (Lipinski definition) is 12. The van der Waals surface area contributed by atoms with Gasteiger partial charge in [-0.05, 0) is 36.5 Å². The van der Waals surface area contributed by atoms with E-state index in [4.69, 9.17) is 5.73 Å². The molecular weight excluding hydrogens is 646 g/mol. The smallest absolute Gasteiger partial charge is 0.246 e. The summed E-state index contributed by atoms with van der Waals surface area (Å²) in [6.45, 7) is 11.6. The van der Waals surface area contributed by atoms with Crippen LogP contribution in [0.3, 0.4) is 0 Å². The van der Waals surface area contributed by atoms with Crippen molar-refractivity contribution in [3.63, 3.8) is 0 Å². The molecule has 0 aliphatic carbocycles. The fourth-order valence-electron chi connectivity index (χ4n) is 6.33. The van der Waals surface area contributed by atoms with Gasteiger partial charge in [-0.3, -0.25) is 19.3 Å². The van der Waals surface area contributed by atoms with E-state index in [9.17, 15) is 24.6 Å². The average molecular weight is 694 g/mol. The number of β-amino-alcohol motifs (C(OH)–C–C–N with tert-alkyl or cyclic N) is 1. The number of nitrogen functional groups attached to an aromatic ring is 1. The number of nitrogens with zero attached hydrogens (tertiary/aromatic N) is 6. The van der Waals surface area contributed by atoms with Crippen LogP contribution in [0.25, 0.3) is 10.4 Å². The van der Waals surface area contributed by atoms with Crippen LogP contribution in [0.15, 0.2) is 35.8 Å². The predicted molar refractivity (Wildman–Crippen MR) is 187 cm³/mol. The Kier molecular flexibility index (Phi) is 11.2. The number of aromatic nitrogens is 3. The normalized spacial score (nSPS) is 19.8. The predicted octanol–water partition coefficient (Wildman–Crippen LogP) is 1.48. The summed E-state index contributed by atoms with van der Waals surface area (Å²) in [5.74, 6) is -0.784. The third-order valence-corrected chi connectivity index (χ3v) is 10.1. The van der Waals surface area contributed by atoms with Gasteiger partial charge in [-0.2, -0.15) is 5.10 Å². The lowest BCUT2D eigenvalue weighted by Gasteiger charge is -2.38. The molecule has 2 aliphatic rings. The largest absolute Gasteiger partial charge is 0.391 e. The van der Waals surface area contributed by atoms with Crippen molar-refractivity contribution >= 4 is 40.6 Å². The van der Waals surface area contributed by atoms with Crippen LogP contribution in [-0.2, 0) is 21.0 Å². The second-order valence-corrected chi connectivity index (χ2v) is 14.8. The van der Waals surface area contributed by atoms with Gasteiger partial charge in [0.05, 0.1) is 52.8 Å². The number of aryl methyl sites for hydroxylation is 1. The Labute approximate surface area is 290 Å². The van der Waals surface area contributed by atoms with E-state index in [1.807, 2.05) is 74.2 Å². The fourth-order valence-corrected chi connectivity index (χ4v) is 7.14. The van der Waals surface area contributed by atoms with Gasteiger partial charge in [0.15, 0.2) is 5.82 Å². The van der Waals surface area contributed by atoms with E-state index >= 15 is 0 Å². The molecule has 14 nitrogen and oxygen atoms in total. The zero-order valence-corrected chi connectivity index (χ0v) is 29.5. The Morgan fingerprint density at radius 2 is 1.78 bits per heavy atom. The van der Waals surface area contributed by atoms with Crippen molar-refractivity contribution in [2.24, 2.45) is 5.41 Å². The zero-order valence-electron chi connectivity index (χ0n) is 28.7. The summed E-state index contributed by atoms with van der Waals surface area (Å²) in [6.07, 6.45) is -0.747. The Bertz CT molecular complexity index is 1640. The van der Waals surface area contributed by atoms with E-state index < -0.39 is 29.5 Å². The van der Waals surface area contributed by atoms with Gasteiger partial charge >= 0.3 is 0 Å². The molecule has 2 aromatic heterocycles. The molecule has 6 N–H and O–H groups in total. The Morgan fingerprint density at radius 3 is 2.39 bits per heavy atom. The van der Waals surface area contributed by atoms with Crippen molar-refractivity contribution in [1.29, 1.82) is 0 Å². The highest BCUT2D eigenvalue weighted by Gasteiger charge is 2.44. The molecule has 0 radical (unpaired) electrons. The second kappa shape index (κ2) is 15.2. The van der Waals surface area contributed by atoms with E-state index in [1.165, 1.54) is 4.90 Å². The van der Waals surface area contributed by atoms with Gasteiger partial charge in [0.1, 0.15) is 12.1 Å². The van der Waals surface area contributed by atoms with Gasteiger partial charge in [-0.15, -0.1) is 16.4 Å². The van der Waals surface area contributed by atoms with E-state index in [0.717, 1.165) is 21.7 Å². The number of piperazine rings is 1. The summed E-state index contributed by atoms with van der Waals surface area (Å²) < 4.78 is 0. The lowest BCUT2D eigenvalue weighted by Crippen LogP contribution is -2.59. The molecule has 3 aromatic rings. The average Bonchev–Trinajstić information content (AvgIpc) is 3.68. The number of likely N-dealkylation sites (tertiary alicyclic amines) is 1. The van der Waals surface area contributed by atoms with Crippen LogP contribution in [0.4, 0.5) is 11.5 Å². The number of carbonyl (C=O) groups is 3. The molecule has 4 atom stereocenters. The van der Waals surface area contributed by atoms with Gasteiger partial charge in [0.2, 0.25) is 17.7 Å². The van der Waals surface area contributed by atoms with Crippen molar-refractivity contribution in [3.05, 3.63) is 52.8 Å². The molecule has 49 heavy (non-hydrogen) atoms. The minimum Gasteiger partial charge on any atom is -0.391 e. The summed E-state index contributed by atoms with van der Waals surface area (Å²) in [6, 6.07) is 7.54. The van der Waals surface area contributed by atoms with Gasteiger partial charge in [-0.1, -0.05) is 45.0 Å². The van der Waals surface area contributed by atoms with E-state index in [0.29, 0.717) is 37.6 Å². The first-order valence-electron chi connectivity index (χ1n) is 16.5. The van der Waals surface area contributed by atoms with Crippen LogP contribution in [0.5, 0.6) is 0 Å². The van der Waals surface area contributed by atoms with Gasteiger partial charge in [-0.25, -0.2) is 4.98 Å². The second-order valence-electron chi connectivity index (χ2n) is 13.9. The van der Waals surface area contributed by atoms with Gasteiger partial charge in [0.25, 0.3) is 0 Å². The zero-order chi connectivity index (χ0) is 35.5. The number of amides is 3. The summed E-state index contributed by atoms with van der Waals surface area (Å²) in [5.41, 5.74) is 11.2. The van der Waals surface area contributed by atoms with Crippen molar-refractivity contribution in [3.8, 4) is 10.4 Å². The van der Waals surface area contributed by atoms with Crippen LogP contribution in [-0.4, -0.2) is 110 Å². The van der Waals surface area contributed by atoms with E-state index in [-0.39, 0.29) is 49.8 Å². The van der Waals surface area contributed by atoms with E-state index in [2.05, 4.69) is 25.8 Å². The molecular formula is C34H47N9O5S. The SMILES string of the molecule is Cc1ncsc1-c1ccc([C@H](C)NC(=O)[C@@H]2C[C@@H](O)CN2C(=O)[C@@H](NC(=O)CN2CCN(c3cc(CO)nnc3N)CC2)C(C)(C)C)cc1. The molecule has 0 bridgehead atoms. The maximum Gasteiger partial charge on any atom is 0.246 e. The van der Waals surface area contributed by atoms with Gasteiger partial charge in [0, 0.05) is 39.1 Å². The number of nitrogens with two attached hydrogens (primary N) is 1. The number of thiazole rings is 1. The summed E-state index contributed by atoms with van der Waals surface area (Å²) in [7, 11) is 0. The number of anilines is 2. The quantitative estimate of drug-likeness (QED) is 0.207. The Balaban J connectivity index is 1.19. The minimum atomic E-state index is -0.915. The number of nitrogens with one attached hydrogen (secondary N) is 2. The maximum absolute atomic E-state index is 14.1. The molecule has 2 aliphatic heterocycles.